The largest absolute Gasteiger partial charge is 0.488 e. The van der Waals surface area contributed by atoms with Gasteiger partial charge < -0.3 is 24.6 Å². The Hall–Kier alpha value is -2.65. The second-order valence-electron chi connectivity index (χ2n) is 8.24. The SMILES string of the molecule is CCNC(=O)N(CC(=O)N1CCc2sccc2[C@@H]1COc1ccccc1F)C[C@H]1CCCO1. The molecule has 1 aromatic heterocycles. The van der Waals surface area contributed by atoms with E-state index in [-0.39, 0.29) is 43.0 Å². The van der Waals surface area contributed by atoms with Crippen molar-refractivity contribution in [1.82, 2.24) is 15.1 Å². The topological polar surface area (TPSA) is 71.1 Å². The van der Waals surface area contributed by atoms with E-state index in [0.717, 1.165) is 24.8 Å². The molecule has 1 aromatic carbocycles. The molecule has 0 spiro atoms. The Morgan fingerprint density at radius 1 is 1.33 bits per heavy atom. The Balaban J connectivity index is 1.49. The maximum Gasteiger partial charge on any atom is 0.317 e. The standard InChI is InChI=1S/C24H30FN3O4S/c1-2-26-24(30)27(14-17-6-5-12-31-17)15-23(29)28-11-9-22-18(10-13-33-22)20(28)16-32-21-8-4-3-7-19(21)25/h3-4,7-8,10,13,17,20H,2,5-6,9,11-12,14-16H2,1H3,(H,26,30)/t17-,20+/m1/s1. The molecule has 0 radical (unpaired) electrons. The number of thiophene rings is 1. The lowest BCUT2D eigenvalue weighted by Gasteiger charge is -2.37. The summed E-state index contributed by atoms with van der Waals surface area (Å²) in [6.07, 6.45) is 2.54. The first-order chi connectivity index (χ1) is 16.1. The Labute approximate surface area is 197 Å². The molecule has 4 rings (SSSR count). The molecule has 9 heteroatoms. The van der Waals surface area contributed by atoms with E-state index in [4.69, 9.17) is 9.47 Å². The fourth-order valence-corrected chi connectivity index (χ4v) is 5.30. The van der Waals surface area contributed by atoms with Crippen LogP contribution in [0.3, 0.4) is 0 Å². The molecule has 0 bridgehead atoms. The number of urea groups is 1. The number of hydrogen-bond donors (Lipinski definition) is 1. The Kier molecular flexibility index (Phi) is 7.82. The molecule has 0 aliphatic carbocycles. The predicted molar refractivity (Wildman–Crippen MR) is 124 cm³/mol. The van der Waals surface area contributed by atoms with Crippen LogP contribution in [0.2, 0.25) is 0 Å². The minimum absolute atomic E-state index is 0.0403. The highest BCUT2D eigenvalue weighted by molar-refractivity contribution is 7.10. The molecule has 1 fully saturated rings. The van der Waals surface area contributed by atoms with E-state index >= 15 is 0 Å². The van der Waals surface area contributed by atoms with E-state index in [9.17, 15) is 14.0 Å². The van der Waals surface area contributed by atoms with E-state index in [1.165, 1.54) is 10.9 Å². The lowest BCUT2D eigenvalue weighted by molar-refractivity contribution is -0.135. The van der Waals surface area contributed by atoms with Crippen molar-refractivity contribution in [1.29, 1.82) is 0 Å². The van der Waals surface area contributed by atoms with Gasteiger partial charge in [-0.3, -0.25) is 4.79 Å². The fourth-order valence-electron chi connectivity index (χ4n) is 4.38. The molecule has 0 saturated carbocycles. The predicted octanol–water partition coefficient (Wildman–Crippen LogP) is 3.60. The van der Waals surface area contributed by atoms with Crippen molar-refractivity contribution in [2.45, 2.75) is 38.3 Å². The van der Waals surface area contributed by atoms with Crippen LogP contribution >= 0.6 is 11.3 Å². The Morgan fingerprint density at radius 3 is 2.94 bits per heavy atom. The molecule has 2 aliphatic rings. The molecule has 2 aliphatic heterocycles. The highest BCUT2D eigenvalue weighted by Gasteiger charge is 2.34. The third kappa shape index (κ3) is 5.65. The number of amides is 3. The molecule has 0 unspecified atom stereocenters. The molecule has 178 valence electrons. The first-order valence-corrected chi connectivity index (χ1v) is 12.3. The van der Waals surface area contributed by atoms with E-state index in [2.05, 4.69) is 5.32 Å². The summed E-state index contributed by atoms with van der Waals surface area (Å²) in [4.78, 5) is 30.6. The van der Waals surface area contributed by atoms with Crippen molar-refractivity contribution >= 4 is 23.3 Å². The van der Waals surface area contributed by atoms with Gasteiger partial charge in [0.05, 0.1) is 12.1 Å². The summed E-state index contributed by atoms with van der Waals surface area (Å²) in [7, 11) is 0. The maximum atomic E-state index is 14.1. The van der Waals surface area contributed by atoms with Crippen LogP contribution in [-0.2, 0) is 16.0 Å². The normalized spacial score (nSPS) is 19.8. The van der Waals surface area contributed by atoms with Gasteiger partial charge in [-0.1, -0.05) is 12.1 Å². The zero-order valence-electron chi connectivity index (χ0n) is 18.8. The summed E-state index contributed by atoms with van der Waals surface area (Å²) in [5.74, 6) is -0.427. The lowest BCUT2D eigenvalue weighted by atomic mass is 10.0. The van der Waals surface area contributed by atoms with Crippen LogP contribution in [0.15, 0.2) is 35.7 Å². The van der Waals surface area contributed by atoms with Crippen LogP contribution in [0.5, 0.6) is 5.75 Å². The number of para-hydroxylation sites is 1. The highest BCUT2D eigenvalue weighted by atomic mass is 32.1. The molecule has 3 amide bonds. The van der Waals surface area contributed by atoms with Gasteiger partial charge in [-0.05, 0) is 55.3 Å². The fraction of sp³-hybridized carbons (Fsp3) is 0.500. The number of hydrogen-bond acceptors (Lipinski definition) is 5. The smallest absolute Gasteiger partial charge is 0.317 e. The molecule has 1 saturated heterocycles. The molecule has 3 heterocycles. The van der Waals surface area contributed by atoms with Crippen LogP contribution in [0, 0.1) is 5.82 Å². The molecule has 2 atom stereocenters. The number of halogens is 1. The van der Waals surface area contributed by atoms with Crippen LogP contribution in [0.4, 0.5) is 9.18 Å². The summed E-state index contributed by atoms with van der Waals surface area (Å²) >= 11 is 1.66. The van der Waals surface area contributed by atoms with Gasteiger partial charge >= 0.3 is 6.03 Å². The van der Waals surface area contributed by atoms with Crippen LogP contribution < -0.4 is 10.1 Å². The summed E-state index contributed by atoms with van der Waals surface area (Å²) in [5.41, 5.74) is 1.03. The molecular weight excluding hydrogens is 445 g/mol. The molecule has 33 heavy (non-hydrogen) atoms. The highest BCUT2D eigenvalue weighted by Crippen LogP contribution is 2.34. The number of fused-ring (bicyclic) bond motifs is 1. The number of carbonyl (C=O) groups is 2. The van der Waals surface area contributed by atoms with E-state index in [1.54, 1.807) is 39.3 Å². The van der Waals surface area contributed by atoms with Crippen molar-refractivity contribution in [3.8, 4) is 5.75 Å². The summed E-state index contributed by atoms with van der Waals surface area (Å²) < 4.78 is 25.6. The van der Waals surface area contributed by atoms with Crippen molar-refractivity contribution in [2.75, 3.05) is 39.4 Å². The number of ether oxygens (including phenoxy) is 2. The lowest BCUT2D eigenvalue weighted by Crippen LogP contribution is -2.51. The monoisotopic (exact) mass is 475 g/mol. The Morgan fingerprint density at radius 2 is 2.18 bits per heavy atom. The van der Waals surface area contributed by atoms with Gasteiger partial charge in [0.15, 0.2) is 11.6 Å². The van der Waals surface area contributed by atoms with Gasteiger partial charge in [0.2, 0.25) is 5.91 Å². The van der Waals surface area contributed by atoms with Crippen molar-refractivity contribution in [3.05, 3.63) is 52.0 Å². The van der Waals surface area contributed by atoms with E-state index in [1.807, 2.05) is 18.4 Å². The van der Waals surface area contributed by atoms with Gasteiger partial charge in [0.1, 0.15) is 13.2 Å². The van der Waals surface area contributed by atoms with E-state index < -0.39 is 5.82 Å². The second kappa shape index (κ2) is 11.0. The third-order valence-electron chi connectivity index (χ3n) is 6.04. The third-order valence-corrected chi connectivity index (χ3v) is 7.03. The van der Waals surface area contributed by atoms with Crippen LogP contribution in [0.25, 0.3) is 0 Å². The Bertz CT molecular complexity index is 963. The van der Waals surface area contributed by atoms with Gasteiger partial charge in [-0.15, -0.1) is 11.3 Å². The second-order valence-corrected chi connectivity index (χ2v) is 9.25. The van der Waals surface area contributed by atoms with Gasteiger partial charge in [0.25, 0.3) is 0 Å². The quantitative estimate of drug-likeness (QED) is 0.633. The zero-order valence-corrected chi connectivity index (χ0v) is 19.6. The zero-order chi connectivity index (χ0) is 23.2. The molecular formula is C24H30FN3O4S. The van der Waals surface area contributed by atoms with Gasteiger partial charge in [-0.2, -0.15) is 0 Å². The van der Waals surface area contributed by atoms with Gasteiger partial charge in [-0.25, -0.2) is 9.18 Å². The van der Waals surface area contributed by atoms with Crippen molar-refractivity contribution in [3.63, 3.8) is 0 Å². The number of rotatable bonds is 8. The molecule has 7 nitrogen and oxygen atoms in total. The number of nitrogens with one attached hydrogen (secondary N) is 1. The summed E-state index contributed by atoms with van der Waals surface area (Å²) in [6.45, 7) is 4.03. The summed E-state index contributed by atoms with van der Waals surface area (Å²) in [6, 6.07) is 7.65. The minimum Gasteiger partial charge on any atom is -0.488 e. The average Bonchev–Trinajstić information content (AvgIpc) is 3.50. The number of nitrogens with zero attached hydrogens (tertiary/aromatic N) is 2. The molecule has 1 N–H and O–H groups in total. The van der Waals surface area contributed by atoms with Gasteiger partial charge in [0, 0.05) is 31.1 Å². The van der Waals surface area contributed by atoms with Crippen molar-refractivity contribution in [2.24, 2.45) is 0 Å². The number of carbonyl (C=O) groups excluding carboxylic acids is 2. The van der Waals surface area contributed by atoms with Crippen LogP contribution in [0.1, 0.15) is 36.2 Å². The first-order valence-electron chi connectivity index (χ1n) is 11.4. The maximum absolute atomic E-state index is 14.1. The minimum atomic E-state index is -0.435. The van der Waals surface area contributed by atoms with Crippen molar-refractivity contribution < 1.29 is 23.5 Å². The molecule has 2 aromatic rings. The van der Waals surface area contributed by atoms with E-state index in [0.29, 0.717) is 26.2 Å². The average molecular weight is 476 g/mol. The number of benzene rings is 1. The first kappa shape index (κ1) is 23.5. The summed E-state index contributed by atoms with van der Waals surface area (Å²) in [5, 5.41) is 4.81. The van der Waals surface area contributed by atoms with Crippen LogP contribution in [-0.4, -0.2) is 67.2 Å².